The van der Waals surface area contributed by atoms with E-state index in [1.54, 1.807) is 0 Å². The van der Waals surface area contributed by atoms with Gasteiger partial charge >= 0.3 is 0 Å². The van der Waals surface area contributed by atoms with Crippen molar-refractivity contribution in [2.45, 2.75) is 32.0 Å². The predicted octanol–water partition coefficient (Wildman–Crippen LogP) is 1.81. The highest BCUT2D eigenvalue weighted by atomic mass is 16.6. The number of carbonyl (C=O) groups is 1. The number of nitrogens with zero attached hydrogens (tertiary/aromatic N) is 1. The Labute approximate surface area is 109 Å². The lowest BCUT2D eigenvalue weighted by Crippen LogP contribution is -2.27. The summed E-state index contributed by atoms with van der Waals surface area (Å²) in [5.74, 6) is -0.620. The molecule has 2 N–H and O–H groups in total. The van der Waals surface area contributed by atoms with Gasteiger partial charge < -0.3 is 15.2 Å². The minimum absolute atomic E-state index is 0.0161. The van der Waals surface area contributed by atoms with Crippen molar-refractivity contribution in [3.8, 4) is 5.75 Å². The van der Waals surface area contributed by atoms with Crippen LogP contribution in [0.25, 0.3) is 0 Å². The summed E-state index contributed by atoms with van der Waals surface area (Å²) in [5.41, 5.74) is -0.184. The van der Waals surface area contributed by atoms with E-state index in [0.29, 0.717) is 6.42 Å². The van der Waals surface area contributed by atoms with E-state index in [4.69, 9.17) is 4.74 Å². The molecular formula is C12H14N2O5. The van der Waals surface area contributed by atoms with Crippen LogP contribution >= 0.6 is 0 Å². The first-order chi connectivity index (χ1) is 8.97. The second kappa shape index (κ2) is 5.23. The number of aromatic hydroxyl groups is 1. The van der Waals surface area contributed by atoms with Crippen molar-refractivity contribution in [3.05, 3.63) is 28.3 Å². The lowest BCUT2D eigenvalue weighted by atomic mass is 10.2. The summed E-state index contributed by atoms with van der Waals surface area (Å²) in [6.07, 6.45) is 0.838. The van der Waals surface area contributed by atoms with Crippen LogP contribution in [-0.4, -0.2) is 28.1 Å². The first-order valence-electron chi connectivity index (χ1n) is 5.91. The number of amides is 1. The molecule has 0 aliphatic carbocycles. The van der Waals surface area contributed by atoms with Crippen LogP contribution < -0.4 is 5.32 Å². The molecule has 2 atom stereocenters. The molecule has 0 spiro atoms. The number of carbonyl (C=O) groups excluding carboxylic acids is 1. The van der Waals surface area contributed by atoms with Gasteiger partial charge in [0.15, 0.2) is 0 Å². The summed E-state index contributed by atoms with van der Waals surface area (Å²) < 4.78 is 5.39. The van der Waals surface area contributed by atoms with Crippen molar-refractivity contribution in [2.24, 2.45) is 0 Å². The first-order valence-corrected chi connectivity index (χ1v) is 5.91. The molecule has 0 bridgehead atoms. The second-order valence-electron chi connectivity index (χ2n) is 4.46. The highest BCUT2D eigenvalue weighted by Gasteiger charge is 2.28. The number of non-ortho nitro benzene ring substituents is 1. The predicted molar refractivity (Wildman–Crippen MR) is 67.0 cm³/mol. The summed E-state index contributed by atoms with van der Waals surface area (Å²) in [5, 5.41) is 22.7. The van der Waals surface area contributed by atoms with Gasteiger partial charge in [0.2, 0.25) is 0 Å². The first kappa shape index (κ1) is 13.3. The van der Waals surface area contributed by atoms with E-state index in [-0.39, 0.29) is 23.2 Å². The van der Waals surface area contributed by atoms with E-state index in [1.165, 1.54) is 12.1 Å². The van der Waals surface area contributed by atoms with Crippen molar-refractivity contribution in [1.29, 1.82) is 0 Å². The fraction of sp³-hybridized carbons (Fsp3) is 0.417. The third kappa shape index (κ3) is 3.00. The molecule has 2 rings (SSSR count). The fourth-order valence-electron chi connectivity index (χ4n) is 1.95. The van der Waals surface area contributed by atoms with Crippen LogP contribution in [0.2, 0.25) is 0 Å². The lowest BCUT2D eigenvalue weighted by molar-refractivity contribution is -0.384. The normalized spacial score (nSPS) is 22.2. The van der Waals surface area contributed by atoms with Crippen LogP contribution in [0.1, 0.15) is 19.8 Å². The lowest BCUT2D eigenvalue weighted by Gasteiger charge is -2.12. The van der Waals surface area contributed by atoms with Gasteiger partial charge in [-0.15, -0.1) is 0 Å². The topological polar surface area (TPSA) is 102 Å². The van der Waals surface area contributed by atoms with Crippen molar-refractivity contribution in [1.82, 2.24) is 0 Å². The molecule has 19 heavy (non-hydrogen) atoms. The van der Waals surface area contributed by atoms with Crippen molar-refractivity contribution in [3.63, 3.8) is 0 Å². The van der Waals surface area contributed by atoms with E-state index in [1.807, 2.05) is 6.92 Å². The average molecular weight is 266 g/mol. The molecule has 1 aromatic carbocycles. The van der Waals surface area contributed by atoms with Crippen LogP contribution in [0.3, 0.4) is 0 Å². The number of ether oxygens (including phenoxy) is 1. The number of phenolic OH excluding ortho intramolecular Hbond substituents is 1. The number of phenols is 1. The molecule has 7 heteroatoms. The molecule has 1 aliphatic heterocycles. The Morgan fingerprint density at radius 1 is 1.53 bits per heavy atom. The van der Waals surface area contributed by atoms with E-state index in [9.17, 15) is 20.0 Å². The Balaban J connectivity index is 2.12. The van der Waals surface area contributed by atoms with Crippen LogP contribution in [0.15, 0.2) is 18.2 Å². The molecule has 1 amide bonds. The number of hydrogen-bond acceptors (Lipinski definition) is 5. The number of rotatable bonds is 3. The molecule has 0 aromatic heterocycles. The summed E-state index contributed by atoms with van der Waals surface area (Å²) in [4.78, 5) is 21.9. The van der Waals surface area contributed by atoms with Crippen LogP contribution in [-0.2, 0) is 9.53 Å². The SMILES string of the molecule is CC1CCC(C(=O)Nc2cc([N+](=O)[O-])ccc2O)O1. The molecule has 7 nitrogen and oxygen atoms in total. The molecule has 1 fully saturated rings. The van der Waals surface area contributed by atoms with Gasteiger partial charge in [-0.25, -0.2) is 0 Å². The average Bonchev–Trinajstić information content (AvgIpc) is 2.78. The monoisotopic (exact) mass is 266 g/mol. The van der Waals surface area contributed by atoms with Crippen molar-refractivity contribution in [2.75, 3.05) is 5.32 Å². The summed E-state index contributed by atoms with van der Waals surface area (Å²) in [6.45, 7) is 1.87. The number of nitrogens with one attached hydrogen (secondary N) is 1. The zero-order chi connectivity index (χ0) is 14.0. The maximum absolute atomic E-state index is 11.9. The molecule has 102 valence electrons. The third-order valence-electron chi connectivity index (χ3n) is 2.97. The smallest absolute Gasteiger partial charge is 0.271 e. The summed E-state index contributed by atoms with van der Waals surface area (Å²) >= 11 is 0. The van der Waals surface area contributed by atoms with Gasteiger partial charge in [-0.2, -0.15) is 0 Å². The largest absolute Gasteiger partial charge is 0.506 e. The van der Waals surface area contributed by atoms with Gasteiger partial charge in [0.05, 0.1) is 16.7 Å². The summed E-state index contributed by atoms with van der Waals surface area (Å²) in [7, 11) is 0. The number of nitro groups is 1. The zero-order valence-corrected chi connectivity index (χ0v) is 10.3. The number of anilines is 1. The minimum Gasteiger partial charge on any atom is -0.506 e. The van der Waals surface area contributed by atoms with Gasteiger partial charge in [0, 0.05) is 12.1 Å². The number of benzene rings is 1. The number of nitro benzene ring substituents is 1. The van der Waals surface area contributed by atoms with Crippen molar-refractivity contribution < 1.29 is 19.6 Å². The van der Waals surface area contributed by atoms with E-state index in [0.717, 1.165) is 12.5 Å². The van der Waals surface area contributed by atoms with Crippen LogP contribution in [0.4, 0.5) is 11.4 Å². The quantitative estimate of drug-likeness (QED) is 0.493. The van der Waals surface area contributed by atoms with Gasteiger partial charge in [0.25, 0.3) is 11.6 Å². The molecule has 2 unspecified atom stereocenters. The minimum atomic E-state index is -0.594. The highest BCUT2D eigenvalue weighted by molar-refractivity contribution is 5.95. The second-order valence-corrected chi connectivity index (χ2v) is 4.46. The van der Waals surface area contributed by atoms with Crippen LogP contribution in [0.5, 0.6) is 5.75 Å². The Morgan fingerprint density at radius 2 is 2.26 bits per heavy atom. The zero-order valence-electron chi connectivity index (χ0n) is 10.3. The van der Waals surface area contributed by atoms with E-state index < -0.39 is 16.9 Å². The highest BCUT2D eigenvalue weighted by Crippen LogP contribution is 2.29. The van der Waals surface area contributed by atoms with Gasteiger partial charge in [-0.3, -0.25) is 14.9 Å². The number of hydrogen-bond donors (Lipinski definition) is 2. The molecule has 1 aromatic rings. The van der Waals surface area contributed by atoms with Crippen LogP contribution in [0, 0.1) is 10.1 Å². The Hall–Kier alpha value is -2.15. The molecular weight excluding hydrogens is 252 g/mol. The molecule has 1 heterocycles. The molecule has 0 saturated carbocycles. The van der Waals surface area contributed by atoms with E-state index >= 15 is 0 Å². The molecule has 1 aliphatic rings. The standard InChI is InChI=1S/C12H14N2O5/c1-7-2-5-11(19-7)12(16)13-9-6-8(14(17)18)3-4-10(9)15/h3-4,6-7,11,15H,2,5H2,1H3,(H,13,16). The van der Waals surface area contributed by atoms with Gasteiger partial charge in [-0.1, -0.05) is 0 Å². The Bertz CT molecular complexity index is 517. The maximum Gasteiger partial charge on any atom is 0.271 e. The van der Waals surface area contributed by atoms with Gasteiger partial charge in [-0.05, 0) is 25.8 Å². The third-order valence-corrected chi connectivity index (χ3v) is 2.97. The van der Waals surface area contributed by atoms with Gasteiger partial charge in [0.1, 0.15) is 11.9 Å². The maximum atomic E-state index is 11.9. The molecule has 1 saturated heterocycles. The fourth-order valence-corrected chi connectivity index (χ4v) is 1.95. The van der Waals surface area contributed by atoms with Crippen molar-refractivity contribution >= 4 is 17.3 Å². The Kier molecular flexibility index (Phi) is 3.66. The molecule has 0 radical (unpaired) electrons. The Morgan fingerprint density at radius 3 is 2.84 bits per heavy atom. The van der Waals surface area contributed by atoms with E-state index in [2.05, 4.69) is 5.32 Å². The summed E-state index contributed by atoms with van der Waals surface area (Å²) in [6, 6.07) is 3.45.